The molecule has 1 aromatic carbocycles. The van der Waals surface area contributed by atoms with Crippen LogP contribution in [0.4, 0.5) is 0 Å². The highest BCUT2D eigenvalue weighted by atomic mass is 16.5. The Morgan fingerprint density at radius 2 is 1.95 bits per heavy atom. The molecule has 106 valence electrons. The lowest BCUT2D eigenvalue weighted by atomic mass is 10.0. The zero-order chi connectivity index (χ0) is 14.8. The first kappa shape index (κ1) is 15.8. The molecule has 20 heavy (non-hydrogen) atoms. The van der Waals surface area contributed by atoms with Gasteiger partial charge in [0.1, 0.15) is 6.42 Å². The van der Waals surface area contributed by atoms with E-state index >= 15 is 0 Å². The molecule has 0 aliphatic carbocycles. The van der Waals surface area contributed by atoms with Crippen molar-refractivity contribution in [1.82, 2.24) is 0 Å². The molecule has 4 nitrogen and oxygen atoms in total. The van der Waals surface area contributed by atoms with Crippen LogP contribution >= 0.6 is 0 Å². The van der Waals surface area contributed by atoms with Gasteiger partial charge in [-0.25, -0.2) is 0 Å². The summed E-state index contributed by atoms with van der Waals surface area (Å²) in [5.74, 6) is 5.15. The van der Waals surface area contributed by atoms with E-state index in [-0.39, 0.29) is 18.4 Å². The van der Waals surface area contributed by atoms with E-state index in [9.17, 15) is 9.59 Å². The van der Waals surface area contributed by atoms with Gasteiger partial charge in [0.25, 0.3) is 0 Å². The van der Waals surface area contributed by atoms with E-state index in [0.29, 0.717) is 19.4 Å². The number of benzene rings is 1. The molecule has 1 rings (SSSR count). The fourth-order valence-electron chi connectivity index (χ4n) is 1.62. The first-order chi connectivity index (χ1) is 9.67. The van der Waals surface area contributed by atoms with Gasteiger partial charge in [0, 0.05) is 12.0 Å². The number of rotatable bonds is 5. The normalized spacial score (nSPS) is 9.30. The molecule has 0 saturated carbocycles. The maximum Gasteiger partial charge on any atom is 0.317 e. The van der Waals surface area contributed by atoms with Gasteiger partial charge in [0.2, 0.25) is 0 Å². The molecule has 0 heterocycles. The molecule has 0 spiro atoms. The Kier molecular flexibility index (Phi) is 6.91. The fraction of sp³-hybridized carbons (Fsp3) is 0.375. The lowest BCUT2D eigenvalue weighted by Crippen LogP contribution is -2.03. The van der Waals surface area contributed by atoms with Crippen LogP contribution in [0.5, 0.6) is 0 Å². The molecule has 0 aromatic heterocycles. The number of carbonyl (C=O) groups is 2. The summed E-state index contributed by atoms with van der Waals surface area (Å²) in [5.41, 5.74) is 1.79. The summed E-state index contributed by atoms with van der Waals surface area (Å²) in [6.07, 6.45) is 0.948. The van der Waals surface area contributed by atoms with Gasteiger partial charge in [-0.15, -0.1) is 0 Å². The van der Waals surface area contributed by atoms with E-state index in [4.69, 9.17) is 4.74 Å². The van der Waals surface area contributed by atoms with Crippen LogP contribution in [-0.2, 0) is 25.5 Å². The van der Waals surface area contributed by atoms with Crippen LogP contribution in [0.1, 0.15) is 30.9 Å². The smallest absolute Gasteiger partial charge is 0.317 e. The van der Waals surface area contributed by atoms with Crippen molar-refractivity contribution >= 4 is 11.9 Å². The minimum Gasteiger partial charge on any atom is -0.469 e. The second-order valence-corrected chi connectivity index (χ2v) is 4.02. The van der Waals surface area contributed by atoms with Crippen LogP contribution < -0.4 is 0 Å². The number of carbonyl (C=O) groups excluding carboxylic acids is 2. The lowest BCUT2D eigenvalue weighted by molar-refractivity contribution is -0.142. The number of aryl methyl sites for hydroxylation is 1. The van der Waals surface area contributed by atoms with Gasteiger partial charge in [-0.3, -0.25) is 9.59 Å². The predicted octanol–water partition coefficient (Wildman–Crippen LogP) is 2.10. The van der Waals surface area contributed by atoms with Gasteiger partial charge >= 0.3 is 11.9 Å². The molecule has 4 heteroatoms. The Hall–Kier alpha value is -2.28. The van der Waals surface area contributed by atoms with E-state index in [2.05, 4.69) is 16.6 Å². The quantitative estimate of drug-likeness (QED) is 0.609. The average molecular weight is 274 g/mol. The summed E-state index contributed by atoms with van der Waals surface area (Å²) < 4.78 is 9.42. The second kappa shape index (κ2) is 8.76. The Bertz CT molecular complexity index is 523. The summed E-state index contributed by atoms with van der Waals surface area (Å²) in [7, 11) is 1.37. The first-order valence-electron chi connectivity index (χ1n) is 6.46. The van der Waals surface area contributed by atoms with Gasteiger partial charge in [-0.2, -0.15) is 0 Å². The summed E-state index contributed by atoms with van der Waals surface area (Å²) in [4.78, 5) is 22.3. The van der Waals surface area contributed by atoms with Gasteiger partial charge in [-0.05, 0) is 25.0 Å². The van der Waals surface area contributed by atoms with Crippen molar-refractivity contribution in [3.8, 4) is 11.8 Å². The molecule has 0 radical (unpaired) electrons. The standard InChI is InChI=1S/C16H18O4/c1-3-20-16(18)10-6-9-13-7-4-5-8-14(13)11-12-15(17)19-2/h4-5,7-8H,3,10-12H2,1-2H3. The molecule has 0 unspecified atom stereocenters. The molecule has 0 aliphatic rings. The van der Waals surface area contributed by atoms with E-state index in [1.807, 2.05) is 24.3 Å². The Balaban J connectivity index is 2.68. The topological polar surface area (TPSA) is 52.6 Å². The lowest BCUT2D eigenvalue weighted by Gasteiger charge is -2.03. The monoisotopic (exact) mass is 274 g/mol. The van der Waals surface area contributed by atoms with E-state index in [1.165, 1.54) is 7.11 Å². The van der Waals surface area contributed by atoms with Crippen LogP contribution in [-0.4, -0.2) is 25.7 Å². The third-order valence-electron chi connectivity index (χ3n) is 2.60. The highest BCUT2D eigenvalue weighted by Gasteiger charge is 2.04. The molecule has 0 fully saturated rings. The number of hydrogen-bond donors (Lipinski definition) is 0. The van der Waals surface area contributed by atoms with Crippen molar-refractivity contribution in [3.05, 3.63) is 35.4 Å². The third kappa shape index (κ3) is 5.57. The molecule has 0 atom stereocenters. The third-order valence-corrected chi connectivity index (χ3v) is 2.60. The zero-order valence-electron chi connectivity index (χ0n) is 11.8. The van der Waals surface area contributed by atoms with Gasteiger partial charge in [0.15, 0.2) is 0 Å². The maximum absolute atomic E-state index is 11.2. The molecule has 1 aromatic rings. The summed E-state index contributed by atoms with van der Waals surface area (Å²) in [6.45, 7) is 2.11. The number of esters is 2. The number of ether oxygens (including phenoxy) is 2. The van der Waals surface area contributed by atoms with E-state index in [1.54, 1.807) is 6.92 Å². The highest BCUT2D eigenvalue weighted by molar-refractivity contribution is 5.72. The summed E-state index contributed by atoms with van der Waals surface area (Å²) in [5, 5.41) is 0. The van der Waals surface area contributed by atoms with Crippen LogP contribution in [0.2, 0.25) is 0 Å². The molecular formula is C16H18O4. The molecule has 0 saturated heterocycles. The van der Waals surface area contributed by atoms with E-state index in [0.717, 1.165) is 11.1 Å². The van der Waals surface area contributed by atoms with Crippen LogP contribution in [0, 0.1) is 11.8 Å². The molecule has 0 bridgehead atoms. The zero-order valence-corrected chi connectivity index (χ0v) is 11.8. The first-order valence-corrected chi connectivity index (χ1v) is 6.46. The molecule has 0 aliphatic heterocycles. The van der Waals surface area contributed by atoms with E-state index < -0.39 is 0 Å². The molecular weight excluding hydrogens is 256 g/mol. The Morgan fingerprint density at radius 3 is 2.65 bits per heavy atom. The van der Waals surface area contributed by atoms with Crippen molar-refractivity contribution in [2.45, 2.75) is 26.2 Å². The minimum absolute atomic E-state index is 0.0686. The van der Waals surface area contributed by atoms with Crippen molar-refractivity contribution in [2.75, 3.05) is 13.7 Å². The van der Waals surface area contributed by atoms with Gasteiger partial charge < -0.3 is 9.47 Å². The number of methoxy groups -OCH3 is 1. The van der Waals surface area contributed by atoms with Crippen LogP contribution in [0.25, 0.3) is 0 Å². The van der Waals surface area contributed by atoms with Gasteiger partial charge in [0.05, 0.1) is 13.7 Å². The van der Waals surface area contributed by atoms with Crippen LogP contribution in [0.15, 0.2) is 24.3 Å². The summed E-state index contributed by atoms with van der Waals surface area (Å²) >= 11 is 0. The summed E-state index contributed by atoms with van der Waals surface area (Å²) in [6, 6.07) is 7.54. The predicted molar refractivity (Wildman–Crippen MR) is 74.9 cm³/mol. The second-order valence-electron chi connectivity index (χ2n) is 4.02. The number of hydrogen-bond acceptors (Lipinski definition) is 4. The fourth-order valence-corrected chi connectivity index (χ4v) is 1.62. The highest BCUT2D eigenvalue weighted by Crippen LogP contribution is 2.10. The maximum atomic E-state index is 11.2. The van der Waals surface area contributed by atoms with Crippen molar-refractivity contribution in [1.29, 1.82) is 0 Å². The van der Waals surface area contributed by atoms with Crippen molar-refractivity contribution in [3.63, 3.8) is 0 Å². The van der Waals surface area contributed by atoms with Crippen LogP contribution in [0.3, 0.4) is 0 Å². The average Bonchev–Trinajstić information content (AvgIpc) is 2.46. The molecule has 0 N–H and O–H groups in total. The van der Waals surface area contributed by atoms with Gasteiger partial charge in [-0.1, -0.05) is 30.0 Å². The Labute approximate surface area is 119 Å². The largest absolute Gasteiger partial charge is 0.469 e. The molecule has 0 amide bonds. The Morgan fingerprint density at radius 1 is 1.20 bits per heavy atom. The minimum atomic E-state index is -0.327. The van der Waals surface area contributed by atoms with Crippen molar-refractivity contribution < 1.29 is 19.1 Å². The SMILES string of the molecule is CCOC(=O)CC#Cc1ccccc1CCC(=O)OC. The van der Waals surface area contributed by atoms with Crippen molar-refractivity contribution in [2.24, 2.45) is 0 Å².